The van der Waals surface area contributed by atoms with E-state index in [1.54, 1.807) is 0 Å². The first-order valence-electron chi connectivity index (χ1n) is 2.79. The van der Waals surface area contributed by atoms with E-state index in [2.05, 4.69) is 0 Å². The number of ketones is 1. The largest absolute Gasteiger partial charge is 0.300 e. The van der Waals surface area contributed by atoms with Crippen LogP contribution in [0.15, 0.2) is 0 Å². The van der Waals surface area contributed by atoms with Crippen LogP contribution in [0.4, 0.5) is 0 Å². The van der Waals surface area contributed by atoms with Crippen LogP contribution in [-0.4, -0.2) is 24.0 Å². The van der Waals surface area contributed by atoms with Crippen molar-refractivity contribution in [2.75, 3.05) is 0 Å². The fourth-order valence-electron chi connectivity index (χ4n) is 0.510. The number of carbonyl (C=O) groups is 1. The molecule has 0 radical (unpaired) electrons. The van der Waals surface area contributed by atoms with Gasteiger partial charge in [-0.25, -0.2) is 0 Å². The van der Waals surface area contributed by atoms with Crippen LogP contribution < -0.4 is 0 Å². The van der Waals surface area contributed by atoms with Gasteiger partial charge >= 0.3 is 0 Å². The Morgan fingerprint density at radius 3 is 2.10 bits per heavy atom. The highest BCUT2D eigenvalue weighted by atomic mass is 32.2. The summed E-state index contributed by atoms with van der Waals surface area (Å²) < 4.78 is 28.9. The molecule has 10 heavy (non-hydrogen) atoms. The fraction of sp³-hybridized carbons (Fsp3) is 0.800. The number of hydrogen-bond donors (Lipinski definition) is 1. The molecule has 1 atom stereocenters. The van der Waals surface area contributed by atoms with Crippen LogP contribution in [0.5, 0.6) is 0 Å². The summed E-state index contributed by atoms with van der Waals surface area (Å²) in [6.45, 7) is 2.57. The molecule has 0 aromatic carbocycles. The number of hydrogen-bond acceptors (Lipinski definition) is 3. The Labute approximate surface area is 60.0 Å². The molecule has 0 rings (SSSR count). The Morgan fingerprint density at radius 2 is 2.00 bits per heavy atom. The summed E-state index contributed by atoms with van der Waals surface area (Å²) in [5, 5.41) is -0.981. The van der Waals surface area contributed by atoms with Gasteiger partial charge in [0.2, 0.25) is 0 Å². The topological polar surface area (TPSA) is 71.4 Å². The molecule has 0 bridgehead atoms. The zero-order valence-electron chi connectivity index (χ0n) is 5.86. The Balaban J connectivity index is 4.12. The number of rotatable bonds is 3. The zero-order chi connectivity index (χ0) is 8.36. The third-order valence-corrected chi connectivity index (χ3v) is 2.27. The summed E-state index contributed by atoms with van der Waals surface area (Å²) >= 11 is 0. The first kappa shape index (κ1) is 9.58. The van der Waals surface area contributed by atoms with Crippen LogP contribution in [0.2, 0.25) is 0 Å². The first-order valence-corrected chi connectivity index (χ1v) is 4.30. The molecule has 0 aliphatic rings. The molecular weight excluding hydrogens is 156 g/mol. The molecular formula is C5H10O4S. The molecule has 0 amide bonds. The molecule has 0 aliphatic carbocycles. The van der Waals surface area contributed by atoms with E-state index in [0.29, 0.717) is 0 Å². The molecule has 0 aromatic rings. The lowest BCUT2D eigenvalue weighted by Gasteiger charge is -2.02. The van der Waals surface area contributed by atoms with Crippen molar-refractivity contribution in [2.24, 2.45) is 0 Å². The summed E-state index contributed by atoms with van der Waals surface area (Å²) in [5.74, 6) is -0.245. The van der Waals surface area contributed by atoms with Crippen molar-refractivity contribution in [2.45, 2.75) is 25.5 Å². The molecule has 0 saturated carbocycles. The third-order valence-electron chi connectivity index (χ3n) is 1.08. The van der Waals surface area contributed by atoms with E-state index in [9.17, 15) is 13.2 Å². The maximum absolute atomic E-state index is 10.3. The van der Waals surface area contributed by atoms with Crippen molar-refractivity contribution in [3.05, 3.63) is 0 Å². The van der Waals surface area contributed by atoms with Gasteiger partial charge in [0.1, 0.15) is 5.78 Å². The summed E-state index contributed by atoms with van der Waals surface area (Å²) in [6, 6.07) is 0. The highest BCUT2D eigenvalue weighted by Gasteiger charge is 2.18. The SMILES string of the molecule is CC(=O)CC(C)S(=O)(=O)O. The van der Waals surface area contributed by atoms with Gasteiger partial charge in [0, 0.05) is 6.42 Å². The number of Topliss-reactive ketones (excluding diaryl/α,β-unsaturated/α-hetero) is 1. The van der Waals surface area contributed by atoms with E-state index in [1.807, 2.05) is 0 Å². The lowest BCUT2D eigenvalue weighted by atomic mass is 10.2. The Hall–Kier alpha value is -0.420. The predicted octanol–water partition coefficient (Wildman–Crippen LogP) is 0.242. The Bertz CT molecular complexity index is 216. The minimum Gasteiger partial charge on any atom is -0.300 e. The normalized spacial score (nSPS) is 14.7. The lowest BCUT2D eigenvalue weighted by Crippen LogP contribution is -2.19. The molecule has 4 nitrogen and oxygen atoms in total. The van der Waals surface area contributed by atoms with Crippen molar-refractivity contribution < 1.29 is 17.8 Å². The molecule has 5 heteroatoms. The molecule has 1 unspecified atom stereocenters. The van der Waals surface area contributed by atoms with Gasteiger partial charge in [0.15, 0.2) is 0 Å². The highest BCUT2D eigenvalue weighted by molar-refractivity contribution is 7.86. The van der Waals surface area contributed by atoms with Gasteiger partial charge in [0.25, 0.3) is 10.1 Å². The molecule has 0 saturated heterocycles. The van der Waals surface area contributed by atoms with Crippen molar-refractivity contribution in [3.8, 4) is 0 Å². The fourth-order valence-corrected chi connectivity index (χ4v) is 0.955. The Morgan fingerprint density at radius 1 is 1.60 bits per heavy atom. The second-order valence-corrected chi connectivity index (χ2v) is 4.07. The van der Waals surface area contributed by atoms with Crippen molar-refractivity contribution in [1.29, 1.82) is 0 Å². The van der Waals surface area contributed by atoms with Crippen LogP contribution in [-0.2, 0) is 14.9 Å². The van der Waals surface area contributed by atoms with E-state index in [1.165, 1.54) is 13.8 Å². The second-order valence-electron chi connectivity index (χ2n) is 2.23. The van der Waals surface area contributed by atoms with Gasteiger partial charge in [-0.15, -0.1) is 0 Å². The molecule has 0 fully saturated rings. The van der Waals surface area contributed by atoms with E-state index in [-0.39, 0.29) is 12.2 Å². The molecule has 1 N–H and O–H groups in total. The van der Waals surface area contributed by atoms with Gasteiger partial charge < -0.3 is 0 Å². The number of carbonyl (C=O) groups excluding carboxylic acids is 1. The monoisotopic (exact) mass is 166 g/mol. The van der Waals surface area contributed by atoms with Crippen LogP contribution in [0.25, 0.3) is 0 Å². The van der Waals surface area contributed by atoms with Gasteiger partial charge in [-0.1, -0.05) is 0 Å². The highest BCUT2D eigenvalue weighted by Crippen LogP contribution is 2.02. The molecule has 0 aromatic heterocycles. The maximum atomic E-state index is 10.3. The maximum Gasteiger partial charge on any atom is 0.267 e. The summed E-state index contributed by atoms with van der Waals surface area (Å²) in [4.78, 5) is 10.3. The van der Waals surface area contributed by atoms with E-state index in [0.717, 1.165) is 0 Å². The average Bonchev–Trinajstić information content (AvgIpc) is 1.60. The van der Waals surface area contributed by atoms with Crippen molar-refractivity contribution >= 4 is 15.9 Å². The van der Waals surface area contributed by atoms with Crippen LogP contribution in [0, 0.1) is 0 Å². The smallest absolute Gasteiger partial charge is 0.267 e. The van der Waals surface area contributed by atoms with Crippen LogP contribution >= 0.6 is 0 Å². The summed E-state index contributed by atoms with van der Waals surface area (Å²) in [6.07, 6.45) is -0.126. The lowest BCUT2D eigenvalue weighted by molar-refractivity contribution is -0.117. The van der Waals surface area contributed by atoms with E-state index < -0.39 is 15.4 Å². The van der Waals surface area contributed by atoms with Gasteiger partial charge in [-0.3, -0.25) is 9.35 Å². The quantitative estimate of drug-likeness (QED) is 0.610. The van der Waals surface area contributed by atoms with Crippen LogP contribution in [0.3, 0.4) is 0 Å². The van der Waals surface area contributed by atoms with Gasteiger partial charge in [-0.05, 0) is 13.8 Å². The molecule has 0 aliphatic heterocycles. The standard InChI is InChI=1S/C5H10O4S/c1-4(6)3-5(2)10(7,8)9/h5H,3H2,1-2H3,(H,7,8,9). The van der Waals surface area contributed by atoms with E-state index in [4.69, 9.17) is 4.55 Å². The zero-order valence-corrected chi connectivity index (χ0v) is 6.68. The molecule has 60 valence electrons. The third kappa shape index (κ3) is 3.58. The van der Waals surface area contributed by atoms with Crippen molar-refractivity contribution in [1.82, 2.24) is 0 Å². The Kier molecular flexibility index (Phi) is 2.98. The van der Waals surface area contributed by atoms with Gasteiger partial charge in [0.05, 0.1) is 5.25 Å². The molecule has 0 heterocycles. The van der Waals surface area contributed by atoms with Crippen molar-refractivity contribution in [3.63, 3.8) is 0 Å². The predicted molar refractivity (Wildman–Crippen MR) is 36.3 cm³/mol. The first-order chi connectivity index (χ1) is 4.34. The summed E-state index contributed by atoms with van der Waals surface area (Å²) in [7, 11) is -4.02. The average molecular weight is 166 g/mol. The minimum atomic E-state index is -4.02. The van der Waals surface area contributed by atoms with Gasteiger partial charge in [-0.2, -0.15) is 8.42 Å². The summed E-state index contributed by atoms with van der Waals surface area (Å²) in [5.41, 5.74) is 0. The minimum absolute atomic E-state index is 0.126. The van der Waals surface area contributed by atoms with Crippen LogP contribution in [0.1, 0.15) is 20.3 Å². The molecule has 0 spiro atoms. The second kappa shape index (κ2) is 3.12. The van der Waals surface area contributed by atoms with E-state index >= 15 is 0 Å².